The van der Waals surface area contributed by atoms with Gasteiger partial charge in [0.05, 0.1) is 12.1 Å². The van der Waals surface area contributed by atoms with Crippen LogP contribution in [0.2, 0.25) is 5.02 Å². The Bertz CT molecular complexity index is 1190. The number of aromatic nitrogens is 2. The molecule has 0 bridgehead atoms. The summed E-state index contributed by atoms with van der Waals surface area (Å²) < 4.78 is 11.4. The third-order valence-electron chi connectivity index (χ3n) is 5.61. The van der Waals surface area contributed by atoms with Crippen LogP contribution in [0, 0.1) is 0 Å². The predicted octanol–water partition coefficient (Wildman–Crippen LogP) is 5.36. The number of hydrogen-bond donors (Lipinski definition) is 2. The van der Waals surface area contributed by atoms with Crippen LogP contribution in [0.5, 0.6) is 11.5 Å². The summed E-state index contributed by atoms with van der Waals surface area (Å²) in [6, 6.07) is 12.0. The van der Waals surface area contributed by atoms with Crippen LogP contribution in [0.1, 0.15) is 47.9 Å². The van der Waals surface area contributed by atoms with Gasteiger partial charge in [-0.1, -0.05) is 36.4 Å². The van der Waals surface area contributed by atoms with E-state index < -0.39 is 6.04 Å². The minimum absolute atomic E-state index is 0.0387. The van der Waals surface area contributed by atoms with Crippen LogP contribution in [-0.4, -0.2) is 52.0 Å². The highest BCUT2D eigenvalue weighted by atomic mass is 35.5. The molecule has 1 aromatic heterocycles. The van der Waals surface area contributed by atoms with Gasteiger partial charge in [-0.2, -0.15) is 5.10 Å². The van der Waals surface area contributed by atoms with E-state index in [1.165, 1.54) is 6.07 Å². The van der Waals surface area contributed by atoms with Crippen molar-refractivity contribution in [3.05, 3.63) is 77.0 Å². The first kappa shape index (κ1) is 23.9. The largest absolute Gasteiger partial charge is 0.507 e. The second-order valence-corrected chi connectivity index (χ2v) is 8.81. The summed E-state index contributed by atoms with van der Waals surface area (Å²) in [4.78, 5) is 15.3. The van der Waals surface area contributed by atoms with Crippen molar-refractivity contribution < 1.29 is 19.4 Å². The summed E-state index contributed by atoms with van der Waals surface area (Å²) in [5.74, 6) is 0.566. The molecule has 2 N–H and O–H groups in total. The van der Waals surface area contributed by atoms with Gasteiger partial charge in [0.15, 0.2) is 0 Å². The number of phenols is 1. The van der Waals surface area contributed by atoms with Crippen molar-refractivity contribution in [1.82, 2.24) is 15.1 Å². The number of aromatic hydroxyl groups is 1. The number of carbonyl (C=O) groups is 1. The van der Waals surface area contributed by atoms with Gasteiger partial charge in [0.25, 0.3) is 5.91 Å². The van der Waals surface area contributed by atoms with Gasteiger partial charge in [0.1, 0.15) is 29.5 Å². The smallest absolute Gasteiger partial charge is 0.273 e. The zero-order valence-electron chi connectivity index (χ0n) is 19.3. The predicted molar refractivity (Wildman–Crippen MR) is 131 cm³/mol. The maximum absolute atomic E-state index is 13.4. The number of amides is 1. The van der Waals surface area contributed by atoms with Gasteiger partial charge >= 0.3 is 0 Å². The van der Waals surface area contributed by atoms with E-state index in [9.17, 15) is 9.90 Å². The Morgan fingerprint density at radius 2 is 2.12 bits per heavy atom. The summed E-state index contributed by atoms with van der Waals surface area (Å²) in [6.07, 6.45) is 2.49. The van der Waals surface area contributed by atoms with Gasteiger partial charge in [-0.25, -0.2) is 0 Å². The average molecular weight is 482 g/mol. The Hall–Kier alpha value is -3.29. The molecule has 3 aromatic rings. The third-order valence-corrected chi connectivity index (χ3v) is 5.85. The molecule has 8 heteroatoms. The topological polar surface area (TPSA) is 87.7 Å². The Morgan fingerprint density at radius 1 is 1.29 bits per heavy atom. The van der Waals surface area contributed by atoms with Crippen LogP contribution in [0.3, 0.4) is 0 Å². The SMILES string of the molecule is C=CCOc1cccc(C2c3c(-c4cc(Cl)ccc4O)n[nH]c3C(=O)N2CCCOC(C)C)c1. The highest BCUT2D eigenvalue weighted by Gasteiger charge is 2.42. The summed E-state index contributed by atoms with van der Waals surface area (Å²) in [6.45, 7) is 9.09. The molecule has 0 aliphatic carbocycles. The number of nitrogens with zero attached hydrogens (tertiary/aromatic N) is 2. The number of hydrogen-bond acceptors (Lipinski definition) is 5. The number of H-pyrrole nitrogens is 1. The highest BCUT2D eigenvalue weighted by molar-refractivity contribution is 6.31. The summed E-state index contributed by atoms with van der Waals surface area (Å²) in [7, 11) is 0. The molecular weight excluding hydrogens is 454 g/mol. The van der Waals surface area contributed by atoms with Crippen LogP contribution in [0.15, 0.2) is 55.1 Å². The van der Waals surface area contributed by atoms with Crippen LogP contribution >= 0.6 is 11.6 Å². The van der Waals surface area contributed by atoms with Gasteiger partial charge < -0.3 is 19.5 Å². The monoisotopic (exact) mass is 481 g/mol. The quantitative estimate of drug-likeness (QED) is 0.300. The highest BCUT2D eigenvalue weighted by Crippen LogP contribution is 2.45. The molecule has 1 atom stereocenters. The molecule has 0 spiro atoms. The molecular formula is C26H28ClN3O4. The Kier molecular flexibility index (Phi) is 7.24. The number of rotatable bonds is 10. The molecule has 4 rings (SSSR count). The first-order valence-corrected chi connectivity index (χ1v) is 11.6. The minimum Gasteiger partial charge on any atom is -0.507 e. The second kappa shape index (κ2) is 10.3. The first-order chi connectivity index (χ1) is 16.4. The maximum Gasteiger partial charge on any atom is 0.273 e. The lowest BCUT2D eigenvalue weighted by atomic mass is 9.95. The van der Waals surface area contributed by atoms with Crippen LogP contribution in [0.25, 0.3) is 11.3 Å². The van der Waals surface area contributed by atoms with E-state index in [1.54, 1.807) is 18.2 Å². The fourth-order valence-corrected chi connectivity index (χ4v) is 4.33. The maximum atomic E-state index is 13.4. The lowest BCUT2D eigenvalue weighted by Crippen LogP contribution is -2.31. The van der Waals surface area contributed by atoms with Crippen molar-refractivity contribution in [3.63, 3.8) is 0 Å². The lowest BCUT2D eigenvalue weighted by molar-refractivity contribution is 0.0601. The number of nitrogens with one attached hydrogen (secondary N) is 1. The van der Waals surface area contributed by atoms with Crippen molar-refractivity contribution in [1.29, 1.82) is 0 Å². The van der Waals surface area contributed by atoms with Crippen LogP contribution in [-0.2, 0) is 4.74 Å². The second-order valence-electron chi connectivity index (χ2n) is 8.37. The summed E-state index contributed by atoms with van der Waals surface area (Å²) in [5.41, 5.74) is 2.94. The van der Waals surface area contributed by atoms with Crippen molar-refractivity contribution >= 4 is 17.5 Å². The normalized spacial score (nSPS) is 15.1. The van der Waals surface area contributed by atoms with E-state index in [0.29, 0.717) is 59.5 Å². The average Bonchev–Trinajstić information content (AvgIpc) is 3.36. The third kappa shape index (κ3) is 4.81. The minimum atomic E-state index is -0.416. The molecule has 1 amide bonds. The van der Waals surface area contributed by atoms with Gasteiger partial charge in [0, 0.05) is 29.3 Å². The molecule has 2 aromatic carbocycles. The van der Waals surface area contributed by atoms with Crippen molar-refractivity contribution in [2.24, 2.45) is 0 Å². The van der Waals surface area contributed by atoms with Crippen molar-refractivity contribution in [2.45, 2.75) is 32.4 Å². The van der Waals surface area contributed by atoms with E-state index in [4.69, 9.17) is 21.1 Å². The number of aromatic amines is 1. The number of ether oxygens (including phenoxy) is 2. The summed E-state index contributed by atoms with van der Waals surface area (Å²) >= 11 is 6.21. The zero-order chi connectivity index (χ0) is 24.2. The number of halogens is 1. The zero-order valence-corrected chi connectivity index (χ0v) is 20.0. The molecule has 0 saturated carbocycles. The van der Waals surface area contributed by atoms with E-state index in [1.807, 2.05) is 43.0 Å². The fraction of sp³-hybridized carbons (Fsp3) is 0.308. The van der Waals surface area contributed by atoms with E-state index in [0.717, 1.165) is 5.56 Å². The number of benzene rings is 2. The molecule has 2 heterocycles. The molecule has 1 unspecified atom stereocenters. The number of fused-ring (bicyclic) bond motifs is 1. The Balaban J connectivity index is 1.77. The lowest BCUT2D eigenvalue weighted by Gasteiger charge is -2.27. The van der Waals surface area contributed by atoms with Crippen LogP contribution < -0.4 is 4.74 Å². The first-order valence-electron chi connectivity index (χ1n) is 11.2. The molecule has 178 valence electrons. The van der Waals surface area contributed by atoms with Crippen molar-refractivity contribution in [2.75, 3.05) is 19.8 Å². The van der Waals surface area contributed by atoms with Gasteiger partial charge in [-0.05, 0) is 56.2 Å². The fourth-order valence-electron chi connectivity index (χ4n) is 4.16. The molecule has 7 nitrogen and oxygen atoms in total. The standard InChI is InChI=1S/C26H28ClN3O4/c1-4-12-34-19-8-5-7-17(14-19)25-22-23(20-15-18(27)9-10-21(20)31)28-29-24(22)26(32)30(25)11-6-13-33-16(2)3/h4-5,7-10,14-16,25,31H,1,6,11-13H2,2-3H3,(H,28,29). The molecule has 34 heavy (non-hydrogen) atoms. The Morgan fingerprint density at radius 3 is 2.88 bits per heavy atom. The molecule has 1 aliphatic rings. The van der Waals surface area contributed by atoms with Crippen LogP contribution in [0.4, 0.5) is 0 Å². The van der Waals surface area contributed by atoms with E-state index >= 15 is 0 Å². The van der Waals surface area contributed by atoms with E-state index in [-0.39, 0.29) is 17.8 Å². The molecule has 0 radical (unpaired) electrons. The molecule has 1 aliphatic heterocycles. The number of phenolic OH excluding ortho intramolecular Hbond substituents is 1. The van der Waals surface area contributed by atoms with Gasteiger partial charge in [-0.3, -0.25) is 9.89 Å². The molecule has 0 fully saturated rings. The van der Waals surface area contributed by atoms with Crippen molar-refractivity contribution in [3.8, 4) is 22.8 Å². The number of carbonyl (C=O) groups excluding carboxylic acids is 1. The van der Waals surface area contributed by atoms with Gasteiger partial charge in [0.2, 0.25) is 0 Å². The Labute approximate surface area is 204 Å². The van der Waals surface area contributed by atoms with Gasteiger partial charge in [-0.15, -0.1) is 0 Å². The molecule has 0 saturated heterocycles. The summed E-state index contributed by atoms with van der Waals surface area (Å²) in [5, 5.41) is 18.3. The van der Waals surface area contributed by atoms with E-state index in [2.05, 4.69) is 16.8 Å².